The van der Waals surface area contributed by atoms with E-state index in [2.05, 4.69) is 10.1 Å². The van der Waals surface area contributed by atoms with Crippen molar-refractivity contribution in [3.8, 4) is 10.4 Å². The maximum atomic E-state index is 11.4. The van der Waals surface area contributed by atoms with Crippen LogP contribution in [0.1, 0.15) is 22.5 Å². The van der Waals surface area contributed by atoms with E-state index in [0.29, 0.717) is 17.4 Å². The van der Waals surface area contributed by atoms with Gasteiger partial charge in [0.1, 0.15) is 5.76 Å². The molecular formula is C10H10N2O3S. The zero-order valence-electron chi connectivity index (χ0n) is 8.89. The molecule has 0 bridgehead atoms. The number of carbonyl (C=O) groups is 1. The first kappa shape index (κ1) is 10.8. The highest BCUT2D eigenvalue weighted by Crippen LogP contribution is 2.28. The Hall–Kier alpha value is -1.69. The number of thiazole rings is 1. The van der Waals surface area contributed by atoms with Crippen molar-refractivity contribution >= 4 is 17.3 Å². The Bertz CT molecular complexity index is 504. The molecule has 5 nitrogen and oxygen atoms in total. The molecule has 6 heteroatoms. The average Bonchev–Trinajstić information content (AvgIpc) is 2.86. The molecule has 0 atom stereocenters. The smallest absolute Gasteiger partial charge is 0.367 e. The average molecular weight is 238 g/mol. The summed E-state index contributed by atoms with van der Waals surface area (Å²) in [5.74, 6) is 0.312. The predicted molar refractivity (Wildman–Crippen MR) is 58.3 cm³/mol. The molecule has 0 spiro atoms. The largest absolute Gasteiger partial charge is 0.461 e. The Labute approximate surface area is 96.0 Å². The Morgan fingerprint density at radius 2 is 2.38 bits per heavy atom. The van der Waals surface area contributed by atoms with Gasteiger partial charge in [-0.15, -0.1) is 11.3 Å². The van der Waals surface area contributed by atoms with Crippen LogP contribution >= 0.6 is 11.3 Å². The minimum absolute atomic E-state index is 0.345. The standard InChI is InChI=1S/C10H10N2O3S/c1-3-14-10(13)9-11-5-8(16-9)7-4-12-15-6(7)2/h4-5H,3H2,1-2H3. The van der Waals surface area contributed by atoms with E-state index in [0.717, 1.165) is 10.4 Å². The second kappa shape index (κ2) is 4.44. The Balaban J connectivity index is 2.26. The summed E-state index contributed by atoms with van der Waals surface area (Å²) in [5, 5.41) is 4.02. The van der Waals surface area contributed by atoms with Crippen molar-refractivity contribution in [1.82, 2.24) is 10.1 Å². The second-order valence-electron chi connectivity index (χ2n) is 3.05. The third-order valence-electron chi connectivity index (χ3n) is 1.97. The highest BCUT2D eigenvalue weighted by atomic mass is 32.1. The fraction of sp³-hybridized carbons (Fsp3) is 0.300. The number of aromatic nitrogens is 2. The van der Waals surface area contributed by atoms with E-state index in [1.807, 2.05) is 6.92 Å². The number of esters is 1. The summed E-state index contributed by atoms with van der Waals surface area (Å²) in [6.07, 6.45) is 3.23. The minimum atomic E-state index is -0.396. The maximum Gasteiger partial charge on any atom is 0.367 e. The minimum Gasteiger partial charge on any atom is -0.461 e. The van der Waals surface area contributed by atoms with Gasteiger partial charge in [-0.1, -0.05) is 5.16 Å². The third-order valence-corrected chi connectivity index (χ3v) is 2.98. The quantitative estimate of drug-likeness (QED) is 0.767. The molecule has 2 aromatic heterocycles. The monoisotopic (exact) mass is 238 g/mol. The van der Waals surface area contributed by atoms with Crippen molar-refractivity contribution < 1.29 is 14.1 Å². The van der Waals surface area contributed by atoms with Gasteiger partial charge < -0.3 is 9.26 Å². The van der Waals surface area contributed by atoms with Gasteiger partial charge in [-0.3, -0.25) is 0 Å². The molecule has 0 aromatic carbocycles. The molecule has 16 heavy (non-hydrogen) atoms. The highest BCUT2D eigenvalue weighted by Gasteiger charge is 2.15. The van der Waals surface area contributed by atoms with Gasteiger partial charge in [0.2, 0.25) is 5.01 Å². The summed E-state index contributed by atoms with van der Waals surface area (Å²) in [5.41, 5.74) is 0.855. The van der Waals surface area contributed by atoms with Crippen LogP contribution in [-0.4, -0.2) is 22.7 Å². The Kier molecular flexibility index (Phi) is 3.00. The van der Waals surface area contributed by atoms with E-state index < -0.39 is 5.97 Å². The van der Waals surface area contributed by atoms with E-state index in [-0.39, 0.29) is 0 Å². The molecule has 84 valence electrons. The highest BCUT2D eigenvalue weighted by molar-refractivity contribution is 7.16. The first-order chi connectivity index (χ1) is 7.72. The van der Waals surface area contributed by atoms with Crippen LogP contribution in [0, 0.1) is 6.92 Å². The zero-order chi connectivity index (χ0) is 11.5. The molecule has 0 aliphatic heterocycles. The molecule has 0 fully saturated rings. The first-order valence-corrected chi connectivity index (χ1v) is 5.58. The van der Waals surface area contributed by atoms with Gasteiger partial charge in [0.05, 0.1) is 23.2 Å². The van der Waals surface area contributed by atoms with Gasteiger partial charge in [0.15, 0.2) is 0 Å². The molecule has 0 aliphatic rings. The number of aryl methyl sites for hydroxylation is 1. The molecule has 0 radical (unpaired) electrons. The number of rotatable bonds is 3. The summed E-state index contributed by atoms with van der Waals surface area (Å²) in [6.45, 7) is 3.92. The zero-order valence-corrected chi connectivity index (χ0v) is 9.71. The molecule has 0 amide bonds. The number of ether oxygens (including phenoxy) is 1. The van der Waals surface area contributed by atoms with Crippen LogP contribution < -0.4 is 0 Å². The topological polar surface area (TPSA) is 65.2 Å². The predicted octanol–water partition coefficient (Wildman–Crippen LogP) is 2.28. The number of carbonyl (C=O) groups excluding carboxylic acids is 1. The fourth-order valence-corrected chi connectivity index (χ4v) is 2.09. The second-order valence-corrected chi connectivity index (χ2v) is 4.08. The molecule has 2 aromatic rings. The van der Waals surface area contributed by atoms with Gasteiger partial charge in [0, 0.05) is 6.20 Å². The molecule has 0 N–H and O–H groups in total. The van der Waals surface area contributed by atoms with E-state index in [1.54, 1.807) is 19.3 Å². The van der Waals surface area contributed by atoms with Crippen LogP contribution in [0.2, 0.25) is 0 Å². The molecular weight excluding hydrogens is 228 g/mol. The van der Waals surface area contributed by atoms with Gasteiger partial charge in [-0.05, 0) is 13.8 Å². The summed E-state index contributed by atoms with van der Waals surface area (Å²) < 4.78 is 9.81. The van der Waals surface area contributed by atoms with Crippen molar-refractivity contribution in [3.63, 3.8) is 0 Å². The normalized spacial score (nSPS) is 10.4. The van der Waals surface area contributed by atoms with E-state index in [9.17, 15) is 4.79 Å². The van der Waals surface area contributed by atoms with Crippen LogP contribution in [0.3, 0.4) is 0 Å². The van der Waals surface area contributed by atoms with Crippen LogP contribution in [0.25, 0.3) is 10.4 Å². The third kappa shape index (κ3) is 1.96. The Morgan fingerprint density at radius 1 is 1.56 bits per heavy atom. The van der Waals surface area contributed by atoms with E-state index >= 15 is 0 Å². The fourth-order valence-electron chi connectivity index (χ4n) is 1.22. The van der Waals surface area contributed by atoms with Crippen LogP contribution in [0.15, 0.2) is 16.9 Å². The molecule has 2 heterocycles. The molecule has 2 rings (SSSR count). The summed E-state index contributed by atoms with van der Waals surface area (Å²) >= 11 is 1.27. The van der Waals surface area contributed by atoms with Crippen LogP contribution in [-0.2, 0) is 4.74 Å². The summed E-state index contributed by atoms with van der Waals surface area (Å²) in [4.78, 5) is 16.3. The summed E-state index contributed by atoms with van der Waals surface area (Å²) in [7, 11) is 0. The number of hydrogen-bond acceptors (Lipinski definition) is 6. The lowest BCUT2D eigenvalue weighted by Crippen LogP contribution is -2.03. The maximum absolute atomic E-state index is 11.4. The molecule has 0 aliphatic carbocycles. The number of hydrogen-bond donors (Lipinski definition) is 0. The van der Waals surface area contributed by atoms with Crippen LogP contribution in [0.5, 0.6) is 0 Å². The van der Waals surface area contributed by atoms with Crippen molar-refractivity contribution in [2.45, 2.75) is 13.8 Å². The number of nitrogens with zero attached hydrogens (tertiary/aromatic N) is 2. The van der Waals surface area contributed by atoms with Crippen molar-refractivity contribution in [1.29, 1.82) is 0 Å². The van der Waals surface area contributed by atoms with Crippen molar-refractivity contribution in [2.24, 2.45) is 0 Å². The first-order valence-electron chi connectivity index (χ1n) is 4.77. The Morgan fingerprint density at radius 3 is 3.00 bits per heavy atom. The van der Waals surface area contributed by atoms with Gasteiger partial charge in [0.25, 0.3) is 0 Å². The lowest BCUT2D eigenvalue weighted by Gasteiger charge is -1.95. The summed E-state index contributed by atoms with van der Waals surface area (Å²) in [6, 6.07) is 0. The molecule has 0 saturated heterocycles. The van der Waals surface area contributed by atoms with Gasteiger partial charge >= 0.3 is 5.97 Å². The van der Waals surface area contributed by atoms with E-state index in [1.165, 1.54) is 11.3 Å². The van der Waals surface area contributed by atoms with Gasteiger partial charge in [-0.25, -0.2) is 9.78 Å². The molecule has 0 saturated carbocycles. The molecule has 0 unspecified atom stereocenters. The lowest BCUT2D eigenvalue weighted by molar-refractivity contribution is 0.0526. The van der Waals surface area contributed by atoms with Gasteiger partial charge in [-0.2, -0.15) is 0 Å². The van der Waals surface area contributed by atoms with Crippen LogP contribution in [0.4, 0.5) is 0 Å². The van der Waals surface area contributed by atoms with Crippen molar-refractivity contribution in [2.75, 3.05) is 6.61 Å². The van der Waals surface area contributed by atoms with E-state index in [4.69, 9.17) is 9.26 Å². The lowest BCUT2D eigenvalue weighted by atomic mass is 10.2. The SMILES string of the molecule is CCOC(=O)c1ncc(-c2cnoc2C)s1. The van der Waals surface area contributed by atoms with Crippen molar-refractivity contribution in [3.05, 3.63) is 23.2 Å².